The summed E-state index contributed by atoms with van der Waals surface area (Å²) in [6.07, 6.45) is 0.784. The first-order chi connectivity index (χ1) is 12.6. The van der Waals surface area contributed by atoms with Gasteiger partial charge in [0.2, 0.25) is 0 Å². The number of benzene rings is 2. The van der Waals surface area contributed by atoms with E-state index in [1.54, 1.807) is 14.2 Å². The molecule has 2 aromatic carbocycles. The van der Waals surface area contributed by atoms with E-state index in [1.165, 1.54) is 5.56 Å². The van der Waals surface area contributed by atoms with Gasteiger partial charge in [-0.3, -0.25) is 0 Å². The van der Waals surface area contributed by atoms with Gasteiger partial charge in [-0.2, -0.15) is 5.10 Å². The van der Waals surface area contributed by atoms with E-state index < -0.39 is 0 Å². The van der Waals surface area contributed by atoms with Gasteiger partial charge in [0.05, 0.1) is 26.0 Å². The minimum absolute atomic E-state index is 0.0625. The van der Waals surface area contributed by atoms with Crippen LogP contribution in [0.25, 0.3) is 0 Å². The van der Waals surface area contributed by atoms with Gasteiger partial charge in [-0.05, 0) is 24.3 Å². The van der Waals surface area contributed by atoms with Gasteiger partial charge in [-0.15, -0.1) is 0 Å². The molecule has 0 bridgehead atoms. The molecule has 0 spiro atoms. The van der Waals surface area contributed by atoms with E-state index in [4.69, 9.17) is 19.3 Å². The number of rotatable bonds is 4. The van der Waals surface area contributed by atoms with Crippen molar-refractivity contribution in [2.45, 2.75) is 32.5 Å². The molecule has 0 N–H and O–H groups in total. The highest BCUT2D eigenvalue weighted by Crippen LogP contribution is 2.44. The molecule has 5 nitrogen and oxygen atoms in total. The molecule has 2 atom stereocenters. The Hall–Kier alpha value is -2.69. The minimum atomic E-state index is -0.0625. The summed E-state index contributed by atoms with van der Waals surface area (Å²) in [5.74, 6) is 2.74. The second kappa shape index (κ2) is 6.56. The Kier molecular flexibility index (Phi) is 4.23. The third-order valence-corrected chi connectivity index (χ3v) is 5.02. The first kappa shape index (κ1) is 16.8. The van der Waals surface area contributed by atoms with Crippen LogP contribution in [-0.2, 0) is 0 Å². The Balaban J connectivity index is 1.72. The molecule has 2 aromatic rings. The second-order valence-electron chi connectivity index (χ2n) is 7.01. The molecule has 0 unspecified atom stereocenters. The molecule has 0 radical (unpaired) electrons. The van der Waals surface area contributed by atoms with Crippen LogP contribution in [0.1, 0.15) is 37.4 Å². The Labute approximate surface area is 154 Å². The number of hydrogen-bond donors (Lipinski definition) is 0. The number of fused-ring (bicyclic) bond motifs is 3. The molecule has 2 heterocycles. The van der Waals surface area contributed by atoms with Gasteiger partial charge >= 0.3 is 0 Å². The third-order valence-electron chi connectivity index (χ3n) is 5.02. The zero-order valence-electron chi connectivity index (χ0n) is 15.6. The first-order valence-electron chi connectivity index (χ1n) is 8.96. The normalized spacial score (nSPS) is 21.0. The molecule has 5 heteroatoms. The lowest BCUT2D eigenvalue weighted by molar-refractivity contribution is -0.0461. The Morgan fingerprint density at radius 2 is 1.85 bits per heavy atom. The number of nitrogens with zero attached hydrogens (tertiary/aromatic N) is 2. The van der Waals surface area contributed by atoms with E-state index in [0.29, 0.717) is 5.92 Å². The summed E-state index contributed by atoms with van der Waals surface area (Å²) in [5, 5.41) is 7.07. The van der Waals surface area contributed by atoms with Crippen molar-refractivity contribution in [3.05, 3.63) is 53.6 Å². The topological polar surface area (TPSA) is 43.3 Å². The van der Waals surface area contributed by atoms with Crippen molar-refractivity contribution in [1.29, 1.82) is 0 Å². The third kappa shape index (κ3) is 2.68. The van der Waals surface area contributed by atoms with E-state index in [2.05, 4.69) is 37.1 Å². The fourth-order valence-corrected chi connectivity index (χ4v) is 3.69. The Morgan fingerprint density at radius 1 is 1.08 bits per heavy atom. The molecule has 136 valence electrons. The van der Waals surface area contributed by atoms with E-state index in [-0.39, 0.29) is 12.3 Å². The quantitative estimate of drug-likeness (QED) is 0.826. The van der Waals surface area contributed by atoms with Crippen LogP contribution in [0.5, 0.6) is 17.2 Å². The maximum absolute atomic E-state index is 6.25. The maximum atomic E-state index is 6.25. The molecule has 0 aromatic heterocycles. The van der Waals surface area contributed by atoms with Crippen LogP contribution in [0, 0.1) is 5.92 Å². The van der Waals surface area contributed by atoms with Crippen molar-refractivity contribution in [2.24, 2.45) is 11.0 Å². The van der Waals surface area contributed by atoms with Crippen molar-refractivity contribution in [3.63, 3.8) is 0 Å². The molecule has 2 aliphatic rings. The van der Waals surface area contributed by atoms with Gasteiger partial charge in [-0.25, -0.2) is 5.01 Å². The second-order valence-corrected chi connectivity index (χ2v) is 7.01. The number of para-hydroxylation sites is 1. The number of hydrazone groups is 1. The highest BCUT2D eigenvalue weighted by molar-refractivity contribution is 6.02. The SMILES string of the molecule is COc1ccc(C2=NN3[C@H](C2)c2ccccc2O[C@@H]3C(C)C)cc1OC. The van der Waals surface area contributed by atoms with Crippen molar-refractivity contribution in [2.75, 3.05) is 14.2 Å². The molecule has 0 saturated carbocycles. The van der Waals surface area contributed by atoms with Crippen LogP contribution in [0.3, 0.4) is 0 Å². The summed E-state index contributed by atoms with van der Waals surface area (Å²) in [4.78, 5) is 0. The molecule has 0 amide bonds. The lowest BCUT2D eigenvalue weighted by Crippen LogP contribution is -2.43. The van der Waals surface area contributed by atoms with Gasteiger partial charge in [0.15, 0.2) is 17.7 Å². The molecule has 0 saturated heterocycles. The Morgan fingerprint density at radius 3 is 2.58 bits per heavy atom. The molecule has 2 aliphatic heterocycles. The van der Waals surface area contributed by atoms with Crippen LogP contribution >= 0.6 is 0 Å². The monoisotopic (exact) mass is 352 g/mol. The maximum Gasteiger partial charge on any atom is 0.190 e. The van der Waals surface area contributed by atoms with E-state index in [0.717, 1.165) is 34.9 Å². The predicted octanol–water partition coefficient (Wildman–Crippen LogP) is 4.23. The Bertz CT molecular complexity index is 847. The molecule has 4 rings (SSSR count). The van der Waals surface area contributed by atoms with Gasteiger partial charge in [0, 0.05) is 23.5 Å². The average Bonchev–Trinajstić information content (AvgIpc) is 3.12. The average molecular weight is 352 g/mol. The minimum Gasteiger partial charge on any atom is -0.493 e. The van der Waals surface area contributed by atoms with Crippen molar-refractivity contribution in [3.8, 4) is 17.2 Å². The zero-order chi connectivity index (χ0) is 18.3. The largest absolute Gasteiger partial charge is 0.493 e. The number of ether oxygens (including phenoxy) is 3. The van der Waals surface area contributed by atoms with Gasteiger partial charge < -0.3 is 14.2 Å². The summed E-state index contributed by atoms with van der Waals surface area (Å²) < 4.78 is 17.0. The van der Waals surface area contributed by atoms with Crippen molar-refractivity contribution >= 4 is 5.71 Å². The van der Waals surface area contributed by atoms with E-state index in [1.807, 2.05) is 24.3 Å². The molecular formula is C21H24N2O3. The summed E-state index contributed by atoms with van der Waals surface area (Å²) in [6, 6.07) is 14.4. The first-order valence-corrected chi connectivity index (χ1v) is 8.96. The fraction of sp³-hybridized carbons (Fsp3) is 0.381. The summed E-state index contributed by atoms with van der Waals surface area (Å²) in [6.45, 7) is 4.33. The summed E-state index contributed by atoms with van der Waals surface area (Å²) in [7, 11) is 3.30. The van der Waals surface area contributed by atoms with Crippen molar-refractivity contribution in [1.82, 2.24) is 5.01 Å². The van der Waals surface area contributed by atoms with Crippen LogP contribution < -0.4 is 14.2 Å². The molecule has 26 heavy (non-hydrogen) atoms. The lowest BCUT2D eigenvalue weighted by Gasteiger charge is -2.39. The predicted molar refractivity (Wildman–Crippen MR) is 101 cm³/mol. The van der Waals surface area contributed by atoms with E-state index in [9.17, 15) is 0 Å². The van der Waals surface area contributed by atoms with Gasteiger partial charge in [0.1, 0.15) is 5.75 Å². The fourth-order valence-electron chi connectivity index (χ4n) is 3.69. The van der Waals surface area contributed by atoms with E-state index >= 15 is 0 Å². The number of methoxy groups -OCH3 is 2. The van der Waals surface area contributed by atoms with Crippen LogP contribution in [0.2, 0.25) is 0 Å². The van der Waals surface area contributed by atoms with Gasteiger partial charge in [-0.1, -0.05) is 32.0 Å². The molecule has 0 fully saturated rings. The molecule has 0 aliphatic carbocycles. The van der Waals surface area contributed by atoms with Crippen LogP contribution in [-0.4, -0.2) is 31.2 Å². The standard InChI is InChI=1S/C21H24N2O3/c1-13(2)21-23-17(15-7-5-6-8-18(15)26-21)12-16(22-23)14-9-10-19(24-3)20(11-14)25-4/h5-11,13,17,21H,12H2,1-4H3/t17-,21-/m1/s1. The van der Waals surface area contributed by atoms with Crippen LogP contribution in [0.4, 0.5) is 0 Å². The van der Waals surface area contributed by atoms with Crippen LogP contribution in [0.15, 0.2) is 47.6 Å². The summed E-state index contributed by atoms with van der Waals surface area (Å²) >= 11 is 0. The summed E-state index contributed by atoms with van der Waals surface area (Å²) in [5.41, 5.74) is 3.29. The lowest BCUT2D eigenvalue weighted by atomic mass is 9.95. The van der Waals surface area contributed by atoms with Crippen molar-refractivity contribution < 1.29 is 14.2 Å². The number of hydrogen-bond acceptors (Lipinski definition) is 5. The zero-order valence-corrected chi connectivity index (χ0v) is 15.6. The smallest absolute Gasteiger partial charge is 0.190 e. The molecular weight excluding hydrogens is 328 g/mol. The highest BCUT2D eigenvalue weighted by Gasteiger charge is 2.41. The highest BCUT2D eigenvalue weighted by atomic mass is 16.5. The van der Waals surface area contributed by atoms with Gasteiger partial charge in [0.25, 0.3) is 0 Å².